The van der Waals surface area contributed by atoms with E-state index in [1.165, 1.54) is 6.07 Å². The van der Waals surface area contributed by atoms with Gasteiger partial charge in [0, 0.05) is 41.4 Å². The van der Waals surface area contributed by atoms with Gasteiger partial charge < -0.3 is 20.4 Å². The molecule has 0 saturated carbocycles. The largest absolute Gasteiger partial charge is 0.412 e. The molecular weight excluding hydrogens is 439 g/mol. The molecule has 2 aromatic heterocycles. The number of nitrogens with one attached hydrogen (secondary N) is 1. The molecular formula is C25H25FN4O2S. The van der Waals surface area contributed by atoms with E-state index in [1.54, 1.807) is 23.5 Å². The lowest BCUT2D eigenvalue weighted by Gasteiger charge is -2.10. The first-order valence-electron chi connectivity index (χ1n) is 10.5. The van der Waals surface area contributed by atoms with E-state index in [-0.39, 0.29) is 13.1 Å². The number of amides is 1. The zero-order valence-corrected chi connectivity index (χ0v) is 19.3. The highest BCUT2D eigenvalue weighted by atomic mass is 32.1. The molecule has 6 nitrogen and oxygen atoms in total. The summed E-state index contributed by atoms with van der Waals surface area (Å²) in [6.07, 6.45) is -0.641. The lowest BCUT2D eigenvalue weighted by atomic mass is 10.1. The van der Waals surface area contributed by atoms with Crippen LogP contribution in [0.5, 0.6) is 5.75 Å². The molecule has 0 aliphatic carbocycles. The molecule has 0 radical (unpaired) electrons. The van der Waals surface area contributed by atoms with Gasteiger partial charge in [-0.3, -0.25) is 0 Å². The average molecular weight is 465 g/mol. The van der Waals surface area contributed by atoms with E-state index in [1.807, 2.05) is 55.6 Å². The van der Waals surface area contributed by atoms with Gasteiger partial charge in [0.15, 0.2) is 5.75 Å². The van der Waals surface area contributed by atoms with E-state index in [4.69, 9.17) is 15.5 Å². The van der Waals surface area contributed by atoms with Gasteiger partial charge in [-0.05, 0) is 25.5 Å². The number of aryl methyl sites for hydroxylation is 1. The number of nitrogens with zero attached hydrogens (tertiary/aromatic N) is 2. The standard InChI is InChI=1S/C25H25FN4O2S/c1-16-10-23(32-25(31)28-13-20-9-8-18(12-27)11-22(20)26)17(2)30(16)14-21-15-33-24(29-21)19-6-4-3-5-7-19/h3-11,15H,12-14,27H2,1-2H3,(H,28,31). The molecule has 0 atom stereocenters. The van der Waals surface area contributed by atoms with Crippen LogP contribution in [0.4, 0.5) is 9.18 Å². The maximum atomic E-state index is 14.1. The molecule has 4 rings (SSSR count). The number of nitrogens with two attached hydrogens (primary N) is 1. The molecule has 0 fully saturated rings. The number of benzene rings is 2. The molecule has 2 aromatic carbocycles. The summed E-state index contributed by atoms with van der Waals surface area (Å²) in [5.74, 6) is 0.0528. The maximum Gasteiger partial charge on any atom is 0.412 e. The predicted molar refractivity (Wildman–Crippen MR) is 128 cm³/mol. The molecule has 0 unspecified atom stereocenters. The monoisotopic (exact) mass is 464 g/mol. The van der Waals surface area contributed by atoms with Crippen molar-refractivity contribution in [3.8, 4) is 16.3 Å². The van der Waals surface area contributed by atoms with Crippen molar-refractivity contribution in [3.63, 3.8) is 0 Å². The van der Waals surface area contributed by atoms with Crippen LogP contribution >= 0.6 is 11.3 Å². The van der Waals surface area contributed by atoms with Crippen LogP contribution in [0, 0.1) is 19.7 Å². The van der Waals surface area contributed by atoms with E-state index >= 15 is 0 Å². The summed E-state index contributed by atoms with van der Waals surface area (Å²) in [7, 11) is 0. The quantitative estimate of drug-likeness (QED) is 0.396. The van der Waals surface area contributed by atoms with Crippen molar-refractivity contribution in [1.29, 1.82) is 0 Å². The third kappa shape index (κ3) is 5.30. The van der Waals surface area contributed by atoms with Gasteiger partial charge in [0.05, 0.1) is 17.9 Å². The molecule has 0 saturated heterocycles. The van der Waals surface area contributed by atoms with Crippen LogP contribution in [0.25, 0.3) is 10.6 Å². The number of hydrogen-bond acceptors (Lipinski definition) is 5. The summed E-state index contributed by atoms with van der Waals surface area (Å²) in [6, 6.07) is 16.6. The zero-order chi connectivity index (χ0) is 23.4. The second kappa shape index (κ2) is 9.97. The van der Waals surface area contributed by atoms with Gasteiger partial charge >= 0.3 is 6.09 Å². The van der Waals surface area contributed by atoms with E-state index in [0.29, 0.717) is 23.4 Å². The van der Waals surface area contributed by atoms with Crippen LogP contribution in [0.2, 0.25) is 0 Å². The second-order valence-electron chi connectivity index (χ2n) is 7.70. The van der Waals surface area contributed by atoms with E-state index in [9.17, 15) is 9.18 Å². The van der Waals surface area contributed by atoms with Crippen LogP contribution in [-0.4, -0.2) is 15.6 Å². The summed E-state index contributed by atoms with van der Waals surface area (Å²) in [5, 5.41) is 5.61. The van der Waals surface area contributed by atoms with Crippen molar-refractivity contribution in [2.24, 2.45) is 5.73 Å². The lowest BCUT2D eigenvalue weighted by molar-refractivity contribution is 0.199. The summed E-state index contributed by atoms with van der Waals surface area (Å²) >= 11 is 1.60. The summed E-state index contributed by atoms with van der Waals surface area (Å²) < 4.78 is 21.6. The fourth-order valence-electron chi connectivity index (χ4n) is 3.54. The Balaban J connectivity index is 1.40. The molecule has 0 bridgehead atoms. The summed E-state index contributed by atoms with van der Waals surface area (Å²) in [4.78, 5) is 17.1. The topological polar surface area (TPSA) is 82.2 Å². The molecule has 170 valence electrons. The third-order valence-corrected chi connectivity index (χ3v) is 6.34. The van der Waals surface area contributed by atoms with Gasteiger partial charge in [-0.15, -0.1) is 11.3 Å². The van der Waals surface area contributed by atoms with Crippen molar-refractivity contribution < 1.29 is 13.9 Å². The number of aromatic nitrogens is 2. The smallest absolute Gasteiger partial charge is 0.408 e. The minimum Gasteiger partial charge on any atom is -0.408 e. The normalized spacial score (nSPS) is 10.9. The fraction of sp³-hybridized carbons (Fsp3) is 0.200. The number of ether oxygens (including phenoxy) is 1. The van der Waals surface area contributed by atoms with Crippen molar-refractivity contribution in [3.05, 3.63) is 94.0 Å². The Morgan fingerprint density at radius 2 is 1.97 bits per heavy atom. The molecule has 0 aliphatic heterocycles. The van der Waals surface area contributed by atoms with E-state index < -0.39 is 11.9 Å². The van der Waals surface area contributed by atoms with Gasteiger partial charge in [0.2, 0.25) is 0 Å². The Bertz CT molecular complexity index is 1270. The minimum absolute atomic E-state index is 0.0232. The fourth-order valence-corrected chi connectivity index (χ4v) is 4.35. The highest BCUT2D eigenvalue weighted by molar-refractivity contribution is 7.13. The first-order valence-corrected chi connectivity index (χ1v) is 11.4. The highest BCUT2D eigenvalue weighted by Gasteiger charge is 2.16. The van der Waals surface area contributed by atoms with Crippen LogP contribution in [0.15, 0.2) is 60.0 Å². The maximum absolute atomic E-state index is 14.1. The van der Waals surface area contributed by atoms with Gasteiger partial charge in [-0.25, -0.2) is 14.2 Å². The highest BCUT2D eigenvalue weighted by Crippen LogP contribution is 2.27. The molecule has 4 aromatic rings. The van der Waals surface area contributed by atoms with Crippen LogP contribution in [0.1, 0.15) is 28.2 Å². The number of carbonyl (C=O) groups is 1. The Morgan fingerprint density at radius 1 is 1.18 bits per heavy atom. The average Bonchev–Trinajstić information content (AvgIpc) is 3.39. The van der Waals surface area contributed by atoms with Gasteiger partial charge in [0.25, 0.3) is 0 Å². The van der Waals surface area contributed by atoms with Crippen molar-refractivity contribution in [2.45, 2.75) is 33.5 Å². The van der Waals surface area contributed by atoms with Gasteiger partial charge in [-0.1, -0.05) is 42.5 Å². The summed E-state index contributed by atoms with van der Waals surface area (Å²) in [6.45, 7) is 4.71. The summed E-state index contributed by atoms with van der Waals surface area (Å²) in [5.41, 5.74) is 10.4. The Morgan fingerprint density at radius 3 is 2.70 bits per heavy atom. The Hall–Kier alpha value is -3.49. The number of rotatable bonds is 7. The van der Waals surface area contributed by atoms with Crippen LogP contribution < -0.4 is 15.8 Å². The molecule has 1 amide bonds. The molecule has 2 heterocycles. The van der Waals surface area contributed by atoms with E-state index in [2.05, 4.69) is 9.88 Å². The second-order valence-corrected chi connectivity index (χ2v) is 8.56. The zero-order valence-electron chi connectivity index (χ0n) is 18.5. The van der Waals surface area contributed by atoms with Crippen LogP contribution in [-0.2, 0) is 19.6 Å². The Kier molecular flexibility index (Phi) is 6.86. The number of halogens is 1. The first kappa shape index (κ1) is 22.7. The molecule has 3 N–H and O–H groups in total. The third-order valence-electron chi connectivity index (χ3n) is 5.40. The van der Waals surface area contributed by atoms with Gasteiger partial charge in [-0.2, -0.15) is 0 Å². The number of carbonyl (C=O) groups excluding carboxylic acids is 1. The van der Waals surface area contributed by atoms with E-state index in [0.717, 1.165) is 27.7 Å². The first-order chi connectivity index (χ1) is 15.9. The SMILES string of the molecule is Cc1cc(OC(=O)NCc2ccc(CN)cc2F)c(C)n1Cc1csc(-c2ccccc2)n1. The molecule has 33 heavy (non-hydrogen) atoms. The molecule has 8 heteroatoms. The number of hydrogen-bond donors (Lipinski definition) is 2. The van der Waals surface area contributed by atoms with Crippen LogP contribution in [0.3, 0.4) is 0 Å². The minimum atomic E-state index is -0.641. The number of thiazole rings is 1. The van der Waals surface area contributed by atoms with Gasteiger partial charge in [0.1, 0.15) is 10.8 Å². The molecule has 0 spiro atoms. The predicted octanol–water partition coefficient (Wildman–Crippen LogP) is 5.16. The lowest BCUT2D eigenvalue weighted by Crippen LogP contribution is -2.27. The Labute approximate surface area is 195 Å². The van der Waals surface area contributed by atoms with Crippen molar-refractivity contribution >= 4 is 17.4 Å². The van der Waals surface area contributed by atoms with Crippen molar-refractivity contribution in [1.82, 2.24) is 14.9 Å². The molecule has 0 aliphatic rings. The van der Waals surface area contributed by atoms with Crippen molar-refractivity contribution in [2.75, 3.05) is 0 Å².